The molecule has 0 aliphatic carbocycles. The number of rotatable bonds is 4. The van der Waals surface area contributed by atoms with E-state index < -0.39 is 0 Å². The zero-order valence-corrected chi connectivity index (χ0v) is 17.0. The van der Waals surface area contributed by atoms with E-state index >= 15 is 0 Å². The number of fused-ring (bicyclic) bond motifs is 2. The Balaban J connectivity index is 1.57. The van der Waals surface area contributed by atoms with Gasteiger partial charge in [-0.05, 0) is 49.4 Å². The Morgan fingerprint density at radius 1 is 1.14 bits per heavy atom. The molecule has 8 heteroatoms. The fraction of sp³-hybridized carbons (Fsp3) is 0.476. The number of benzene rings is 1. The summed E-state index contributed by atoms with van der Waals surface area (Å²) < 4.78 is 18.8. The Morgan fingerprint density at radius 2 is 1.93 bits per heavy atom. The molecular formula is C21H25N5O3. The third-order valence-electron chi connectivity index (χ3n) is 5.85. The number of imidazole rings is 1. The number of aromatic nitrogens is 4. The Bertz CT molecular complexity index is 1060. The van der Waals surface area contributed by atoms with Gasteiger partial charge in [0.1, 0.15) is 29.5 Å². The fourth-order valence-electron chi connectivity index (χ4n) is 4.40. The molecule has 0 N–H and O–H groups in total. The number of nitrogens with zero attached hydrogens (tertiary/aromatic N) is 5. The highest BCUT2D eigenvalue weighted by atomic mass is 16.5. The molecule has 0 bridgehead atoms. The van der Waals surface area contributed by atoms with Crippen LogP contribution in [0.15, 0.2) is 18.5 Å². The zero-order valence-electron chi connectivity index (χ0n) is 17.0. The van der Waals surface area contributed by atoms with Crippen molar-refractivity contribution in [3.8, 4) is 11.5 Å². The molecule has 152 valence electrons. The quantitative estimate of drug-likeness (QED) is 0.672. The molecule has 5 rings (SSSR count). The van der Waals surface area contributed by atoms with Crippen LogP contribution >= 0.6 is 0 Å². The second-order valence-electron chi connectivity index (χ2n) is 7.54. The first kappa shape index (κ1) is 18.2. The van der Waals surface area contributed by atoms with Crippen molar-refractivity contribution in [3.63, 3.8) is 0 Å². The predicted molar refractivity (Wildman–Crippen MR) is 108 cm³/mol. The van der Waals surface area contributed by atoms with Crippen LogP contribution in [0.1, 0.15) is 41.6 Å². The minimum Gasteiger partial charge on any atom is -0.493 e. The van der Waals surface area contributed by atoms with Gasteiger partial charge < -0.3 is 19.1 Å². The summed E-state index contributed by atoms with van der Waals surface area (Å²) in [7, 11) is 3.34. The largest absolute Gasteiger partial charge is 0.493 e. The Kier molecular flexibility index (Phi) is 4.50. The van der Waals surface area contributed by atoms with Gasteiger partial charge >= 0.3 is 0 Å². The van der Waals surface area contributed by atoms with Gasteiger partial charge in [0.15, 0.2) is 17.3 Å². The van der Waals surface area contributed by atoms with Crippen LogP contribution in [0.2, 0.25) is 0 Å². The van der Waals surface area contributed by atoms with Crippen molar-refractivity contribution in [2.45, 2.75) is 38.8 Å². The van der Waals surface area contributed by atoms with E-state index in [-0.39, 0.29) is 6.10 Å². The number of aryl methyl sites for hydroxylation is 1. The summed E-state index contributed by atoms with van der Waals surface area (Å²) in [6.45, 7) is 4.37. The monoisotopic (exact) mass is 395 g/mol. The van der Waals surface area contributed by atoms with Crippen LogP contribution in [0.25, 0.3) is 5.52 Å². The molecule has 0 saturated carbocycles. The molecular weight excluding hydrogens is 370 g/mol. The molecule has 1 saturated heterocycles. The smallest absolute Gasteiger partial charge is 0.161 e. The van der Waals surface area contributed by atoms with Crippen molar-refractivity contribution in [1.29, 1.82) is 0 Å². The molecule has 0 amide bonds. The van der Waals surface area contributed by atoms with Gasteiger partial charge in [-0.3, -0.25) is 0 Å². The average Bonchev–Trinajstić information content (AvgIpc) is 3.40. The van der Waals surface area contributed by atoms with E-state index in [1.165, 1.54) is 11.1 Å². The lowest BCUT2D eigenvalue weighted by atomic mass is 9.98. The van der Waals surface area contributed by atoms with Gasteiger partial charge in [0, 0.05) is 19.7 Å². The second kappa shape index (κ2) is 7.18. The second-order valence-corrected chi connectivity index (χ2v) is 7.54. The van der Waals surface area contributed by atoms with E-state index in [2.05, 4.69) is 27.1 Å². The van der Waals surface area contributed by atoms with Gasteiger partial charge in [0.25, 0.3) is 0 Å². The summed E-state index contributed by atoms with van der Waals surface area (Å²) in [5.41, 5.74) is 4.42. The van der Waals surface area contributed by atoms with E-state index in [9.17, 15) is 0 Å². The van der Waals surface area contributed by atoms with Crippen LogP contribution in [-0.2, 0) is 17.7 Å². The molecule has 2 aromatic heterocycles. The highest BCUT2D eigenvalue weighted by Gasteiger charge is 2.29. The van der Waals surface area contributed by atoms with Crippen LogP contribution < -0.4 is 14.4 Å². The Hall–Kier alpha value is -2.87. The highest BCUT2D eigenvalue weighted by Crippen LogP contribution is 2.37. The Labute approximate surface area is 169 Å². The minimum atomic E-state index is 0.0184. The molecule has 0 spiro atoms. The standard InChI is InChI=1S/C21H25N5O3/c1-13-24-19(16-5-4-8-29-16)20-21(22-12-23-26(13)20)25-7-6-14-9-17(27-2)18(28-3)10-15(14)11-25/h9-10,12,16H,4-8,11H2,1-3H3/t16-/m1/s1. The third-order valence-corrected chi connectivity index (χ3v) is 5.85. The molecule has 0 radical (unpaired) electrons. The molecule has 29 heavy (non-hydrogen) atoms. The van der Waals surface area contributed by atoms with Crippen LogP contribution in [0.5, 0.6) is 11.5 Å². The number of hydrogen-bond acceptors (Lipinski definition) is 7. The van der Waals surface area contributed by atoms with Crippen molar-refractivity contribution in [1.82, 2.24) is 19.6 Å². The van der Waals surface area contributed by atoms with Crippen LogP contribution in [0, 0.1) is 6.92 Å². The van der Waals surface area contributed by atoms with E-state index in [0.29, 0.717) is 0 Å². The molecule has 2 aliphatic heterocycles. The number of anilines is 1. The lowest BCUT2D eigenvalue weighted by Crippen LogP contribution is -2.31. The molecule has 1 atom stereocenters. The van der Waals surface area contributed by atoms with E-state index in [0.717, 1.165) is 73.3 Å². The number of hydrogen-bond donors (Lipinski definition) is 0. The van der Waals surface area contributed by atoms with Gasteiger partial charge in [-0.15, -0.1) is 0 Å². The summed E-state index contributed by atoms with van der Waals surface area (Å²) in [5, 5.41) is 4.45. The van der Waals surface area contributed by atoms with Gasteiger partial charge in [0.2, 0.25) is 0 Å². The maximum Gasteiger partial charge on any atom is 0.161 e. The van der Waals surface area contributed by atoms with Crippen LogP contribution in [0.4, 0.5) is 5.82 Å². The lowest BCUT2D eigenvalue weighted by Gasteiger charge is -2.31. The maximum absolute atomic E-state index is 5.93. The average molecular weight is 395 g/mol. The summed E-state index contributed by atoms with van der Waals surface area (Å²) in [5.74, 6) is 3.29. The number of methoxy groups -OCH3 is 2. The first-order valence-electron chi connectivity index (χ1n) is 10.00. The molecule has 1 aromatic carbocycles. The van der Waals surface area contributed by atoms with Crippen molar-refractivity contribution in [2.75, 3.05) is 32.3 Å². The van der Waals surface area contributed by atoms with Crippen LogP contribution in [0.3, 0.4) is 0 Å². The number of ether oxygens (including phenoxy) is 3. The van der Waals surface area contributed by atoms with Crippen molar-refractivity contribution in [2.24, 2.45) is 0 Å². The normalized spacial score (nSPS) is 18.9. The van der Waals surface area contributed by atoms with E-state index in [1.807, 2.05) is 11.4 Å². The molecule has 4 heterocycles. The molecule has 1 fully saturated rings. The first-order valence-corrected chi connectivity index (χ1v) is 10.00. The molecule has 0 unspecified atom stereocenters. The third kappa shape index (κ3) is 2.98. The maximum atomic E-state index is 5.93. The topological polar surface area (TPSA) is 74.0 Å². The minimum absolute atomic E-state index is 0.0184. The predicted octanol–water partition coefficient (Wildman–Crippen LogP) is 2.86. The van der Waals surface area contributed by atoms with E-state index in [4.69, 9.17) is 19.2 Å². The van der Waals surface area contributed by atoms with Crippen molar-refractivity contribution in [3.05, 3.63) is 41.1 Å². The zero-order chi connectivity index (χ0) is 20.0. The summed E-state index contributed by atoms with van der Waals surface area (Å²) in [6, 6.07) is 4.16. The SMILES string of the molecule is COc1cc2c(cc1OC)CN(c1ncnn3c(C)nc([C@H]4CCCO4)c13)CC2. The summed E-state index contributed by atoms with van der Waals surface area (Å²) >= 11 is 0. The first-order chi connectivity index (χ1) is 14.2. The van der Waals surface area contributed by atoms with Crippen molar-refractivity contribution < 1.29 is 14.2 Å². The molecule has 8 nitrogen and oxygen atoms in total. The van der Waals surface area contributed by atoms with Gasteiger partial charge in [-0.2, -0.15) is 5.10 Å². The summed E-state index contributed by atoms with van der Waals surface area (Å²) in [4.78, 5) is 11.8. The Morgan fingerprint density at radius 3 is 2.66 bits per heavy atom. The van der Waals surface area contributed by atoms with Gasteiger partial charge in [-0.25, -0.2) is 14.5 Å². The lowest BCUT2D eigenvalue weighted by molar-refractivity contribution is 0.110. The van der Waals surface area contributed by atoms with Crippen LogP contribution in [-0.4, -0.2) is 47.0 Å². The van der Waals surface area contributed by atoms with Crippen molar-refractivity contribution >= 4 is 11.3 Å². The molecule has 2 aliphatic rings. The van der Waals surface area contributed by atoms with E-state index in [1.54, 1.807) is 20.5 Å². The fourth-order valence-corrected chi connectivity index (χ4v) is 4.40. The van der Waals surface area contributed by atoms with Gasteiger partial charge in [-0.1, -0.05) is 0 Å². The highest BCUT2D eigenvalue weighted by molar-refractivity contribution is 5.73. The molecule has 3 aromatic rings. The van der Waals surface area contributed by atoms with Gasteiger partial charge in [0.05, 0.1) is 14.2 Å². The summed E-state index contributed by atoms with van der Waals surface area (Å²) in [6.07, 6.45) is 4.59.